The first-order valence-corrected chi connectivity index (χ1v) is 4.00. The SMILES string of the molecule is Fc1cccc(F)c1-c1nc(Cl)no1. The smallest absolute Gasteiger partial charge is 0.264 e. The van der Waals surface area contributed by atoms with Crippen molar-refractivity contribution in [3.8, 4) is 11.5 Å². The van der Waals surface area contributed by atoms with E-state index in [9.17, 15) is 8.78 Å². The van der Waals surface area contributed by atoms with Gasteiger partial charge in [-0.2, -0.15) is 4.98 Å². The lowest BCUT2D eigenvalue weighted by Crippen LogP contribution is -1.89. The Hall–Kier alpha value is -1.49. The Morgan fingerprint density at radius 2 is 1.86 bits per heavy atom. The molecule has 0 saturated heterocycles. The van der Waals surface area contributed by atoms with Crippen LogP contribution in [0.1, 0.15) is 0 Å². The van der Waals surface area contributed by atoms with Crippen molar-refractivity contribution in [2.75, 3.05) is 0 Å². The molecule has 0 aliphatic heterocycles. The molecule has 0 spiro atoms. The van der Waals surface area contributed by atoms with E-state index in [-0.39, 0.29) is 16.7 Å². The summed E-state index contributed by atoms with van der Waals surface area (Å²) in [4.78, 5) is 3.51. The number of halogens is 3. The summed E-state index contributed by atoms with van der Waals surface area (Å²) in [6.07, 6.45) is 0. The molecular formula is C8H3ClF2N2O. The van der Waals surface area contributed by atoms with Gasteiger partial charge in [0.2, 0.25) is 0 Å². The highest BCUT2D eigenvalue weighted by Crippen LogP contribution is 2.24. The Labute approximate surface area is 82.3 Å². The standard InChI is InChI=1S/C8H3ClF2N2O/c9-8-12-7(14-13-8)6-4(10)2-1-3-5(6)11/h1-3H. The second kappa shape index (κ2) is 3.34. The van der Waals surface area contributed by atoms with Crippen molar-refractivity contribution < 1.29 is 13.3 Å². The van der Waals surface area contributed by atoms with Gasteiger partial charge in [0.05, 0.1) is 0 Å². The van der Waals surface area contributed by atoms with Crippen molar-refractivity contribution in [3.05, 3.63) is 35.1 Å². The van der Waals surface area contributed by atoms with Crippen LogP contribution >= 0.6 is 11.6 Å². The summed E-state index contributed by atoms with van der Waals surface area (Å²) in [6, 6.07) is 3.43. The minimum atomic E-state index is -0.773. The lowest BCUT2D eigenvalue weighted by Gasteiger charge is -1.97. The fraction of sp³-hybridized carbons (Fsp3) is 0. The number of hydrogen-bond acceptors (Lipinski definition) is 3. The summed E-state index contributed by atoms with van der Waals surface area (Å²) < 4.78 is 30.8. The zero-order valence-corrected chi connectivity index (χ0v) is 7.42. The molecule has 1 aromatic carbocycles. The normalized spacial score (nSPS) is 10.5. The third-order valence-corrected chi connectivity index (χ3v) is 1.73. The van der Waals surface area contributed by atoms with Crippen LogP contribution in [-0.2, 0) is 0 Å². The van der Waals surface area contributed by atoms with Crippen molar-refractivity contribution in [3.63, 3.8) is 0 Å². The maximum absolute atomic E-state index is 13.1. The molecule has 0 unspecified atom stereocenters. The molecule has 0 radical (unpaired) electrons. The Morgan fingerprint density at radius 1 is 1.21 bits per heavy atom. The monoisotopic (exact) mass is 216 g/mol. The van der Waals surface area contributed by atoms with Crippen molar-refractivity contribution in [1.82, 2.24) is 10.1 Å². The highest BCUT2D eigenvalue weighted by molar-refractivity contribution is 6.28. The van der Waals surface area contributed by atoms with Gasteiger partial charge in [-0.15, -0.1) is 0 Å². The molecule has 3 nitrogen and oxygen atoms in total. The summed E-state index contributed by atoms with van der Waals surface area (Å²) in [5.41, 5.74) is -0.369. The third-order valence-electron chi connectivity index (χ3n) is 1.58. The van der Waals surface area contributed by atoms with Crippen LogP contribution in [0.2, 0.25) is 5.28 Å². The van der Waals surface area contributed by atoms with Gasteiger partial charge < -0.3 is 4.52 Å². The number of rotatable bonds is 1. The Morgan fingerprint density at radius 3 is 2.36 bits per heavy atom. The van der Waals surface area contributed by atoms with Gasteiger partial charge in [0.1, 0.15) is 17.2 Å². The van der Waals surface area contributed by atoms with Crippen LogP contribution in [0.5, 0.6) is 0 Å². The predicted molar refractivity (Wildman–Crippen MR) is 44.7 cm³/mol. The van der Waals surface area contributed by atoms with E-state index in [1.54, 1.807) is 0 Å². The van der Waals surface area contributed by atoms with E-state index in [2.05, 4.69) is 14.7 Å². The molecule has 0 amide bonds. The summed E-state index contributed by atoms with van der Waals surface area (Å²) in [5, 5.41) is 3.03. The molecule has 0 atom stereocenters. The summed E-state index contributed by atoms with van der Waals surface area (Å²) >= 11 is 5.35. The molecule has 1 heterocycles. The lowest BCUT2D eigenvalue weighted by molar-refractivity contribution is 0.424. The molecule has 14 heavy (non-hydrogen) atoms. The van der Waals surface area contributed by atoms with Crippen molar-refractivity contribution in [2.24, 2.45) is 0 Å². The van der Waals surface area contributed by atoms with Gasteiger partial charge in [-0.3, -0.25) is 0 Å². The van der Waals surface area contributed by atoms with E-state index >= 15 is 0 Å². The van der Waals surface area contributed by atoms with E-state index in [1.165, 1.54) is 6.07 Å². The fourth-order valence-electron chi connectivity index (χ4n) is 1.01. The third kappa shape index (κ3) is 1.46. The maximum atomic E-state index is 13.1. The molecule has 0 saturated carbocycles. The molecule has 1 aromatic heterocycles. The zero-order chi connectivity index (χ0) is 10.1. The van der Waals surface area contributed by atoms with Crippen LogP contribution < -0.4 is 0 Å². The van der Waals surface area contributed by atoms with Gasteiger partial charge in [0.15, 0.2) is 0 Å². The first-order valence-electron chi connectivity index (χ1n) is 3.62. The van der Waals surface area contributed by atoms with Crippen LogP contribution in [0.15, 0.2) is 22.7 Å². The van der Waals surface area contributed by atoms with Gasteiger partial charge >= 0.3 is 0 Å². The molecular weight excluding hydrogens is 214 g/mol. The van der Waals surface area contributed by atoms with Gasteiger partial charge in [-0.1, -0.05) is 6.07 Å². The quantitative estimate of drug-likeness (QED) is 0.736. The van der Waals surface area contributed by atoms with Crippen molar-refractivity contribution >= 4 is 11.6 Å². The van der Waals surface area contributed by atoms with E-state index in [4.69, 9.17) is 11.6 Å². The number of aromatic nitrogens is 2. The predicted octanol–water partition coefficient (Wildman–Crippen LogP) is 2.67. The van der Waals surface area contributed by atoms with Crippen LogP contribution in [0.3, 0.4) is 0 Å². The van der Waals surface area contributed by atoms with E-state index < -0.39 is 11.6 Å². The Kier molecular flexibility index (Phi) is 2.17. The molecule has 0 aliphatic rings. The summed E-state index contributed by atoms with van der Waals surface area (Å²) in [7, 11) is 0. The molecule has 0 N–H and O–H groups in total. The molecule has 2 rings (SSSR count). The van der Waals surface area contributed by atoms with Crippen LogP contribution in [0.4, 0.5) is 8.78 Å². The lowest BCUT2D eigenvalue weighted by atomic mass is 10.2. The van der Waals surface area contributed by atoms with Gasteiger partial charge in [0, 0.05) is 0 Å². The second-order valence-electron chi connectivity index (χ2n) is 2.47. The molecule has 0 fully saturated rings. The van der Waals surface area contributed by atoms with Crippen LogP contribution in [-0.4, -0.2) is 10.1 Å². The van der Waals surface area contributed by atoms with E-state index in [0.29, 0.717) is 0 Å². The van der Waals surface area contributed by atoms with Crippen molar-refractivity contribution in [1.29, 1.82) is 0 Å². The second-order valence-corrected chi connectivity index (χ2v) is 2.80. The molecule has 72 valence electrons. The largest absolute Gasteiger partial charge is 0.332 e. The van der Waals surface area contributed by atoms with E-state index in [0.717, 1.165) is 12.1 Å². The first kappa shape index (κ1) is 9.08. The first-order chi connectivity index (χ1) is 6.68. The highest BCUT2D eigenvalue weighted by atomic mass is 35.5. The minimum absolute atomic E-state index is 0.192. The number of hydrogen-bond donors (Lipinski definition) is 0. The highest BCUT2D eigenvalue weighted by Gasteiger charge is 2.16. The summed E-state index contributed by atoms with van der Waals surface area (Å²) in [5.74, 6) is -1.82. The molecule has 6 heteroatoms. The average molecular weight is 217 g/mol. The zero-order valence-electron chi connectivity index (χ0n) is 6.67. The van der Waals surface area contributed by atoms with E-state index in [1.807, 2.05) is 0 Å². The topological polar surface area (TPSA) is 38.9 Å². The average Bonchev–Trinajstić information content (AvgIpc) is 2.51. The molecule has 0 aliphatic carbocycles. The maximum Gasteiger partial charge on any atom is 0.264 e. The van der Waals surface area contributed by atoms with Crippen molar-refractivity contribution in [2.45, 2.75) is 0 Å². The number of nitrogens with zero attached hydrogens (tertiary/aromatic N) is 2. The van der Waals surface area contributed by atoms with Gasteiger partial charge in [-0.05, 0) is 28.9 Å². The molecule has 0 bridgehead atoms. The number of benzene rings is 1. The van der Waals surface area contributed by atoms with Crippen LogP contribution in [0, 0.1) is 11.6 Å². The van der Waals surface area contributed by atoms with Gasteiger partial charge in [-0.25, -0.2) is 8.78 Å². The van der Waals surface area contributed by atoms with Gasteiger partial charge in [0.25, 0.3) is 11.2 Å². The molecule has 2 aromatic rings. The van der Waals surface area contributed by atoms with Crippen LogP contribution in [0.25, 0.3) is 11.5 Å². The Balaban J connectivity index is 2.61. The minimum Gasteiger partial charge on any atom is -0.332 e. The summed E-state index contributed by atoms with van der Waals surface area (Å²) in [6.45, 7) is 0. The Bertz CT molecular complexity index is 452. The fourth-order valence-corrected chi connectivity index (χ4v) is 1.12.